The molecule has 1 atom stereocenters. The minimum atomic E-state index is -0.719. The van der Waals surface area contributed by atoms with Gasteiger partial charge in [-0.2, -0.15) is 0 Å². The highest BCUT2D eigenvalue weighted by molar-refractivity contribution is 5.35. The van der Waals surface area contributed by atoms with E-state index < -0.39 is 11.9 Å². The Morgan fingerprint density at radius 3 is 2.71 bits per heavy atom. The molecule has 0 saturated heterocycles. The third kappa shape index (κ3) is 4.68. The van der Waals surface area contributed by atoms with Gasteiger partial charge < -0.3 is 19.7 Å². The van der Waals surface area contributed by atoms with E-state index in [1.165, 1.54) is 18.2 Å². The van der Waals surface area contributed by atoms with Crippen molar-refractivity contribution < 1.29 is 24.1 Å². The molecular formula is C12H17FO4. The quantitative estimate of drug-likeness (QED) is 0.709. The van der Waals surface area contributed by atoms with E-state index in [-0.39, 0.29) is 19.8 Å². The average Bonchev–Trinajstić information content (AvgIpc) is 2.28. The van der Waals surface area contributed by atoms with Crippen LogP contribution in [0.25, 0.3) is 0 Å². The molecule has 0 saturated carbocycles. The Hall–Kier alpha value is -1.17. The number of ether oxygens (including phenoxy) is 2. The SMILES string of the molecule is CC(O)c1ccc(F)cc1OCCOCCO. The fourth-order valence-electron chi connectivity index (χ4n) is 1.36. The standard InChI is InChI=1S/C12H17FO4/c1-9(15)11-3-2-10(13)8-12(11)17-7-6-16-5-4-14/h2-3,8-9,14-15H,4-7H2,1H3. The zero-order valence-corrected chi connectivity index (χ0v) is 9.73. The second kappa shape index (κ2) is 7.21. The van der Waals surface area contributed by atoms with Crippen molar-refractivity contribution in [3.63, 3.8) is 0 Å². The summed E-state index contributed by atoms with van der Waals surface area (Å²) in [6, 6.07) is 4.00. The molecule has 0 radical (unpaired) electrons. The summed E-state index contributed by atoms with van der Waals surface area (Å²) >= 11 is 0. The Bertz CT molecular complexity index is 341. The summed E-state index contributed by atoms with van der Waals surface area (Å²) in [6.07, 6.45) is -0.719. The molecule has 0 bridgehead atoms. The minimum absolute atomic E-state index is 0.0428. The molecule has 0 heterocycles. The predicted octanol–water partition coefficient (Wildman–Crippen LogP) is 1.27. The van der Waals surface area contributed by atoms with Crippen LogP contribution >= 0.6 is 0 Å². The Labute approximate surface area is 99.6 Å². The third-order valence-electron chi connectivity index (χ3n) is 2.15. The summed E-state index contributed by atoms with van der Waals surface area (Å²) in [5.41, 5.74) is 0.536. The van der Waals surface area contributed by atoms with Crippen molar-refractivity contribution in [2.75, 3.05) is 26.4 Å². The first-order valence-corrected chi connectivity index (χ1v) is 5.44. The zero-order chi connectivity index (χ0) is 12.7. The Morgan fingerprint density at radius 1 is 1.29 bits per heavy atom. The summed E-state index contributed by atoms with van der Waals surface area (Å²) in [4.78, 5) is 0. The molecule has 17 heavy (non-hydrogen) atoms. The van der Waals surface area contributed by atoms with Gasteiger partial charge in [0, 0.05) is 11.6 Å². The zero-order valence-electron chi connectivity index (χ0n) is 9.73. The molecule has 0 aromatic heterocycles. The number of aliphatic hydroxyl groups excluding tert-OH is 2. The lowest BCUT2D eigenvalue weighted by molar-refractivity contribution is 0.0695. The molecule has 96 valence electrons. The van der Waals surface area contributed by atoms with Gasteiger partial charge in [-0.1, -0.05) is 0 Å². The molecular weight excluding hydrogens is 227 g/mol. The fraction of sp³-hybridized carbons (Fsp3) is 0.500. The van der Waals surface area contributed by atoms with Crippen molar-refractivity contribution in [3.8, 4) is 5.75 Å². The maximum absolute atomic E-state index is 13.0. The highest BCUT2D eigenvalue weighted by Crippen LogP contribution is 2.25. The highest BCUT2D eigenvalue weighted by atomic mass is 19.1. The van der Waals surface area contributed by atoms with Crippen LogP contribution in [-0.4, -0.2) is 36.6 Å². The van der Waals surface area contributed by atoms with Crippen LogP contribution in [0.1, 0.15) is 18.6 Å². The first-order valence-electron chi connectivity index (χ1n) is 5.44. The molecule has 0 aliphatic carbocycles. The number of hydrogen-bond donors (Lipinski definition) is 2. The van der Waals surface area contributed by atoms with Gasteiger partial charge >= 0.3 is 0 Å². The van der Waals surface area contributed by atoms with Crippen molar-refractivity contribution >= 4 is 0 Å². The monoisotopic (exact) mass is 244 g/mol. The van der Waals surface area contributed by atoms with Crippen LogP contribution in [0.3, 0.4) is 0 Å². The van der Waals surface area contributed by atoms with E-state index >= 15 is 0 Å². The molecule has 0 amide bonds. The predicted molar refractivity (Wildman–Crippen MR) is 60.4 cm³/mol. The van der Waals surface area contributed by atoms with Crippen LogP contribution in [-0.2, 0) is 4.74 Å². The largest absolute Gasteiger partial charge is 0.491 e. The Kier molecular flexibility index (Phi) is 5.90. The number of hydrogen-bond acceptors (Lipinski definition) is 4. The summed E-state index contributed by atoms with van der Waals surface area (Å²) in [5.74, 6) is -0.103. The Morgan fingerprint density at radius 2 is 2.06 bits per heavy atom. The molecule has 5 heteroatoms. The molecule has 1 aromatic carbocycles. The van der Waals surface area contributed by atoms with Crippen molar-refractivity contribution in [3.05, 3.63) is 29.6 Å². The van der Waals surface area contributed by atoms with E-state index in [9.17, 15) is 9.50 Å². The molecule has 0 aliphatic rings. The normalized spacial score (nSPS) is 12.5. The first-order chi connectivity index (χ1) is 8.15. The minimum Gasteiger partial charge on any atom is -0.491 e. The lowest BCUT2D eigenvalue weighted by atomic mass is 10.1. The van der Waals surface area contributed by atoms with Crippen molar-refractivity contribution in [2.45, 2.75) is 13.0 Å². The lowest BCUT2D eigenvalue weighted by Gasteiger charge is -2.13. The second-order valence-electron chi connectivity index (χ2n) is 3.54. The van der Waals surface area contributed by atoms with Crippen LogP contribution in [0.4, 0.5) is 4.39 Å². The number of rotatable bonds is 7. The maximum Gasteiger partial charge on any atom is 0.128 e. The van der Waals surface area contributed by atoms with Gasteiger partial charge in [0.25, 0.3) is 0 Å². The molecule has 0 fully saturated rings. The van der Waals surface area contributed by atoms with Gasteiger partial charge in [0.2, 0.25) is 0 Å². The van der Waals surface area contributed by atoms with Crippen molar-refractivity contribution in [1.29, 1.82) is 0 Å². The summed E-state index contributed by atoms with van der Waals surface area (Å²) < 4.78 is 23.3. The summed E-state index contributed by atoms with van der Waals surface area (Å²) in [7, 11) is 0. The first kappa shape index (κ1) is 13.9. The number of aliphatic hydroxyl groups is 2. The highest BCUT2D eigenvalue weighted by Gasteiger charge is 2.10. The van der Waals surface area contributed by atoms with Gasteiger partial charge in [0.1, 0.15) is 18.2 Å². The second-order valence-corrected chi connectivity index (χ2v) is 3.54. The Balaban J connectivity index is 2.53. The average molecular weight is 244 g/mol. The van der Waals surface area contributed by atoms with Crippen LogP contribution in [0.15, 0.2) is 18.2 Å². The molecule has 4 nitrogen and oxygen atoms in total. The van der Waals surface area contributed by atoms with E-state index in [1.54, 1.807) is 6.92 Å². The van der Waals surface area contributed by atoms with Gasteiger partial charge in [-0.25, -0.2) is 4.39 Å². The van der Waals surface area contributed by atoms with Gasteiger partial charge in [-0.15, -0.1) is 0 Å². The molecule has 1 unspecified atom stereocenters. The summed E-state index contributed by atoms with van der Waals surface area (Å²) in [5, 5.41) is 18.0. The molecule has 1 aromatic rings. The van der Waals surface area contributed by atoms with Crippen LogP contribution < -0.4 is 4.74 Å². The summed E-state index contributed by atoms with van der Waals surface area (Å²) in [6.45, 7) is 2.33. The molecule has 2 N–H and O–H groups in total. The third-order valence-corrected chi connectivity index (χ3v) is 2.15. The van der Waals surface area contributed by atoms with E-state index in [0.717, 1.165) is 0 Å². The van der Waals surface area contributed by atoms with Crippen molar-refractivity contribution in [1.82, 2.24) is 0 Å². The maximum atomic E-state index is 13.0. The van der Waals surface area contributed by atoms with Crippen LogP contribution in [0.2, 0.25) is 0 Å². The van der Waals surface area contributed by atoms with E-state index in [4.69, 9.17) is 14.6 Å². The van der Waals surface area contributed by atoms with E-state index in [2.05, 4.69) is 0 Å². The molecule has 1 rings (SSSR count). The van der Waals surface area contributed by atoms with E-state index in [1.807, 2.05) is 0 Å². The van der Waals surface area contributed by atoms with Gasteiger partial charge in [0.05, 0.1) is 25.9 Å². The van der Waals surface area contributed by atoms with E-state index in [0.29, 0.717) is 17.9 Å². The molecule has 0 aliphatic heterocycles. The van der Waals surface area contributed by atoms with Gasteiger partial charge in [-0.05, 0) is 19.1 Å². The van der Waals surface area contributed by atoms with Crippen LogP contribution in [0.5, 0.6) is 5.75 Å². The lowest BCUT2D eigenvalue weighted by Crippen LogP contribution is -2.10. The number of halogens is 1. The fourth-order valence-corrected chi connectivity index (χ4v) is 1.36. The smallest absolute Gasteiger partial charge is 0.128 e. The van der Waals surface area contributed by atoms with Crippen molar-refractivity contribution in [2.24, 2.45) is 0 Å². The topological polar surface area (TPSA) is 58.9 Å². The number of benzene rings is 1. The van der Waals surface area contributed by atoms with Crippen LogP contribution in [0, 0.1) is 5.82 Å². The molecule has 0 spiro atoms. The van der Waals surface area contributed by atoms with Gasteiger partial charge in [-0.3, -0.25) is 0 Å². The van der Waals surface area contributed by atoms with Gasteiger partial charge in [0.15, 0.2) is 0 Å².